The van der Waals surface area contributed by atoms with Crippen molar-refractivity contribution in [2.75, 3.05) is 0 Å². The number of nitrogens with zero attached hydrogens (tertiary/aromatic N) is 2. The Bertz CT molecular complexity index is 453. The lowest BCUT2D eigenvalue weighted by atomic mass is 10.2. The first-order chi connectivity index (χ1) is 8.34. The van der Waals surface area contributed by atoms with Crippen molar-refractivity contribution >= 4 is 5.91 Å². The average molecular weight is 230 g/mol. The molecule has 0 aliphatic heterocycles. The molecule has 2 N–H and O–H groups in total. The highest BCUT2D eigenvalue weighted by atomic mass is 16.1. The maximum Gasteiger partial charge on any atom is 0.220 e. The van der Waals surface area contributed by atoms with E-state index in [1.807, 2.05) is 18.2 Å². The molecule has 0 aromatic carbocycles. The minimum absolute atomic E-state index is 0.0188. The van der Waals surface area contributed by atoms with Crippen LogP contribution in [0.25, 0.3) is 0 Å². The van der Waals surface area contributed by atoms with E-state index in [2.05, 4.69) is 20.3 Å². The van der Waals surface area contributed by atoms with E-state index in [-0.39, 0.29) is 5.91 Å². The molecular weight excluding hydrogens is 216 g/mol. The number of H-pyrrole nitrogens is 1. The van der Waals surface area contributed by atoms with Crippen molar-refractivity contribution in [3.8, 4) is 0 Å². The molecule has 0 saturated heterocycles. The van der Waals surface area contributed by atoms with Gasteiger partial charge in [-0.25, -0.2) is 4.98 Å². The molecule has 0 saturated carbocycles. The monoisotopic (exact) mass is 230 g/mol. The summed E-state index contributed by atoms with van der Waals surface area (Å²) in [5.41, 5.74) is 1.83. The summed E-state index contributed by atoms with van der Waals surface area (Å²) in [6.07, 6.45) is 6.13. The molecule has 0 atom stereocenters. The number of amides is 1. The maximum absolute atomic E-state index is 11.5. The molecule has 2 aromatic rings. The topological polar surface area (TPSA) is 70.7 Å². The lowest BCUT2D eigenvalue weighted by Gasteiger charge is -2.03. The normalized spacial score (nSPS) is 10.1. The second-order valence-corrected chi connectivity index (χ2v) is 3.67. The fourth-order valence-electron chi connectivity index (χ4n) is 1.45. The molecule has 0 unspecified atom stereocenters. The first-order valence-corrected chi connectivity index (χ1v) is 5.48. The van der Waals surface area contributed by atoms with Gasteiger partial charge in [0.05, 0.1) is 18.6 Å². The molecule has 0 aliphatic rings. The van der Waals surface area contributed by atoms with Gasteiger partial charge < -0.3 is 10.3 Å². The van der Waals surface area contributed by atoms with Gasteiger partial charge in [-0.3, -0.25) is 9.78 Å². The molecule has 1 amide bonds. The Hall–Kier alpha value is -2.17. The van der Waals surface area contributed by atoms with Gasteiger partial charge in [0.25, 0.3) is 0 Å². The molecule has 2 rings (SSSR count). The molecule has 0 spiro atoms. The van der Waals surface area contributed by atoms with Crippen LogP contribution < -0.4 is 5.32 Å². The number of rotatable bonds is 5. The summed E-state index contributed by atoms with van der Waals surface area (Å²) in [6.45, 7) is 0.487. The summed E-state index contributed by atoms with van der Waals surface area (Å²) >= 11 is 0. The fourth-order valence-corrected chi connectivity index (χ4v) is 1.45. The van der Waals surface area contributed by atoms with Crippen molar-refractivity contribution in [3.05, 3.63) is 48.3 Å². The summed E-state index contributed by atoms with van der Waals surface area (Å²) < 4.78 is 0. The van der Waals surface area contributed by atoms with Gasteiger partial charge in [-0.05, 0) is 18.6 Å². The average Bonchev–Trinajstić information content (AvgIpc) is 2.88. The van der Waals surface area contributed by atoms with Gasteiger partial charge in [0.1, 0.15) is 0 Å². The van der Waals surface area contributed by atoms with E-state index in [0.717, 1.165) is 11.4 Å². The summed E-state index contributed by atoms with van der Waals surface area (Å²) in [5, 5.41) is 2.82. The molecule has 5 heteroatoms. The maximum atomic E-state index is 11.5. The zero-order valence-corrected chi connectivity index (χ0v) is 9.39. The Kier molecular flexibility index (Phi) is 3.85. The third kappa shape index (κ3) is 3.71. The van der Waals surface area contributed by atoms with E-state index >= 15 is 0 Å². The molecule has 2 aromatic heterocycles. The fraction of sp³-hybridized carbons (Fsp3) is 0.250. The molecule has 2 heterocycles. The van der Waals surface area contributed by atoms with Crippen molar-refractivity contribution in [2.24, 2.45) is 0 Å². The van der Waals surface area contributed by atoms with Crippen molar-refractivity contribution in [2.45, 2.75) is 19.4 Å². The van der Waals surface area contributed by atoms with Gasteiger partial charge in [-0.15, -0.1) is 0 Å². The van der Waals surface area contributed by atoms with Gasteiger partial charge in [-0.2, -0.15) is 0 Å². The molecule has 17 heavy (non-hydrogen) atoms. The highest BCUT2D eigenvalue weighted by molar-refractivity contribution is 5.76. The highest BCUT2D eigenvalue weighted by Crippen LogP contribution is 1.98. The van der Waals surface area contributed by atoms with E-state index < -0.39 is 0 Å². The number of aryl methyl sites for hydroxylation is 1. The van der Waals surface area contributed by atoms with Gasteiger partial charge >= 0.3 is 0 Å². The molecule has 0 aliphatic carbocycles. The Morgan fingerprint density at radius 1 is 1.41 bits per heavy atom. The number of hydrogen-bond donors (Lipinski definition) is 2. The van der Waals surface area contributed by atoms with E-state index in [0.29, 0.717) is 19.4 Å². The van der Waals surface area contributed by atoms with E-state index in [1.165, 1.54) is 0 Å². The van der Waals surface area contributed by atoms with Crippen molar-refractivity contribution < 1.29 is 4.79 Å². The van der Waals surface area contributed by atoms with Crippen LogP contribution in [0.5, 0.6) is 0 Å². The van der Waals surface area contributed by atoms with Crippen LogP contribution in [0.15, 0.2) is 36.9 Å². The quantitative estimate of drug-likeness (QED) is 0.806. The minimum Gasteiger partial charge on any atom is -0.350 e. The SMILES string of the molecule is O=C(CCc1ccccn1)NCc1cnc[nH]1. The highest BCUT2D eigenvalue weighted by Gasteiger charge is 2.03. The zero-order chi connectivity index (χ0) is 11.9. The minimum atomic E-state index is 0.0188. The second-order valence-electron chi connectivity index (χ2n) is 3.67. The zero-order valence-electron chi connectivity index (χ0n) is 9.39. The lowest BCUT2D eigenvalue weighted by molar-refractivity contribution is -0.121. The van der Waals surface area contributed by atoms with Gasteiger partial charge in [0.15, 0.2) is 0 Å². The number of hydrogen-bond acceptors (Lipinski definition) is 3. The van der Waals surface area contributed by atoms with Crippen molar-refractivity contribution in [3.63, 3.8) is 0 Å². The van der Waals surface area contributed by atoms with Crippen molar-refractivity contribution in [1.82, 2.24) is 20.3 Å². The first kappa shape index (κ1) is 11.3. The Morgan fingerprint density at radius 3 is 3.06 bits per heavy atom. The van der Waals surface area contributed by atoms with Crippen LogP contribution in [-0.4, -0.2) is 20.9 Å². The molecule has 0 bridgehead atoms. The van der Waals surface area contributed by atoms with Gasteiger partial charge in [0.2, 0.25) is 5.91 Å². The van der Waals surface area contributed by atoms with E-state index in [1.54, 1.807) is 18.7 Å². The standard InChI is InChI=1S/C12H14N4O/c17-12(15-8-11-7-13-9-16-11)5-4-10-3-1-2-6-14-10/h1-3,6-7,9H,4-5,8H2,(H,13,16)(H,15,17). The van der Waals surface area contributed by atoms with Crippen LogP contribution >= 0.6 is 0 Å². The van der Waals surface area contributed by atoms with Crippen LogP contribution in [0.4, 0.5) is 0 Å². The van der Waals surface area contributed by atoms with Crippen LogP contribution in [-0.2, 0) is 17.8 Å². The number of carbonyl (C=O) groups excluding carboxylic acids is 1. The number of carbonyl (C=O) groups is 1. The molecule has 5 nitrogen and oxygen atoms in total. The van der Waals surface area contributed by atoms with Crippen molar-refractivity contribution in [1.29, 1.82) is 0 Å². The molecule has 0 radical (unpaired) electrons. The third-order valence-corrected chi connectivity index (χ3v) is 2.37. The Balaban J connectivity index is 1.71. The molecule has 0 fully saturated rings. The van der Waals surface area contributed by atoms with Crippen LogP contribution in [0.1, 0.15) is 17.8 Å². The smallest absolute Gasteiger partial charge is 0.220 e. The third-order valence-electron chi connectivity index (χ3n) is 2.37. The Labute approximate surface area is 99.3 Å². The Morgan fingerprint density at radius 2 is 2.35 bits per heavy atom. The van der Waals surface area contributed by atoms with Crippen LogP contribution in [0.2, 0.25) is 0 Å². The van der Waals surface area contributed by atoms with E-state index in [9.17, 15) is 4.79 Å². The van der Waals surface area contributed by atoms with E-state index in [4.69, 9.17) is 0 Å². The summed E-state index contributed by atoms with van der Waals surface area (Å²) in [6, 6.07) is 5.70. The lowest BCUT2D eigenvalue weighted by Crippen LogP contribution is -2.23. The molecule has 88 valence electrons. The summed E-state index contributed by atoms with van der Waals surface area (Å²) in [5.74, 6) is 0.0188. The number of aromatic nitrogens is 3. The number of nitrogens with one attached hydrogen (secondary N) is 2. The number of imidazole rings is 1. The number of aromatic amines is 1. The summed E-state index contributed by atoms with van der Waals surface area (Å²) in [7, 11) is 0. The number of pyridine rings is 1. The largest absolute Gasteiger partial charge is 0.350 e. The summed E-state index contributed by atoms with van der Waals surface area (Å²) in [4.78, 5) is 22.5. The van der Waals surface area contributed by atoms with Gasteiger partial charge in [-0.1, -0.05) is 6.07 Å². The predicted molar refractivity (Wildman–Crippen MR) is 63.0 cm³/mol. The van der Waals surface area contributed by atoms with Gasteiger partial charge in [0, 0.05) is 24.5 Å². The predicted octanol–water partition coefficient (Wildman–Crippen LogP) is 1.05. The molecular formula is C12H14N4O. The first-order valence-electron chi connectivity index (χ1n) is 5.48. The van der Waals surface area contributed by atoms with Crippen LogP contribution in [0, 0.1) is 0 Å². The van der Waals surface area contributed by atoms with Crippen LogP contribution in [0.3, 0.4) is 0 Å². The second kappa shape index (κ2) is 5.79.